The SMILES string of the molecule is C[C@H](NC(=O)[C@@H]1Cc2ccccc2N1)c1ccc(Cl)cc1. The van der Waals surface area contributed by atoms with Crippen molar-refractivity contribution in [3.63, 3.8) is 0 Å². The van der Waals surface area contributed by atoms with Gasteiger partial charge in [0.1, 0.15) is 6.04 Å². The molecule has 1 amide bonds. The summed E-state index contributed by atoms with van der Waals surface area (Å²) in [4.78, 5) is 12.4. The predicted molar refractivity (Wildman–Crippen MR) is 85.6 cm³/mol. The Kier molecular flexibility index (Phi) is 3.84. The summed E-state index contributed by atoms with van der Waals surface area (Å²) >= 11 is 5.88. The van der Waals surface area contributed by atoms with Crippen molar-refractivity contribution < 1.29 is 4.79 Å². The van der Waals surface area contributed by atoms with E-state index in [1.807, 2.05) is 49.4 Å². The van der Waals surface area contributed by atoms with Gasteiger partial charge in [0.2, 0.25) is 5.91 Å². The maximum Gasteiger partial charge on any atom is 0.243 e. The molecule has 2 aromatic carbocycles. The fourth-order valence-electron chi connectivity index (χ4n) is 2.60. The number of fused-ring (bicyclic) bond motifs is 1. The fraction of sp³-hybridized carbons (Fsp3) is 0.235. The molecule has 0 aliphatic carbocycles. The third kappa shape index (κ3) is 3.03. The van der Waals surface area contributed by atoms with Crippen LogP contribution in [0.25, 0.3) is 0 Å². The Morgan fingerprint density at radius 2 is 1.95 bits per heavy atom. The maximum absolute atomic E-state index is 12.4. The van der Waals surface area contributed by atoms with Crippen LogP contribution in [0.15, 0.2) is 48.5 Å². The summed E-state index contributed by atoms with van der Waals surface area (Å²) in [5.41, 5.74) is 3.29. The van der Waals surface area contributed by atoms with Crippen LogP contribution in [0, 0.1) is 0 Å². The van der Waals surface area contributed by atoms with E-state index in [-0.39, 0.29) is 18.0 Å². The summed E-state index contributed by atoms with van der Waals surface area (Å²) in [6.07, 6.45) is 0.731. The normalized spacial score (nSPS) is 17.7. The highest BCUT2D eigenvalue weighted by Gasteiger charge is 2.27. The monoisotopic (exact) mass is 300 g/mol. The zero-order valence-electron chi connectivity index (χ0n) is 11.8. The molecule has 0 spiro atoms. The van der Waals surface area contributed by atoms with Gasteiger partial charge in [-0.1, -0.05) is 41.9 Å². The van der Waals surface area contributed by atoms with Crippen molar-refractivity contribution in [2.24, 2.45) is 0 Å². The summed E-state index contributed by atoms with van der Waals surface area (Å²) in [5.74, 6) is 0.0219. The molecule has 0 radical (unpaired) electrons. The third-order valence-corrected chi connectivity index (χ3v) is 4.07. The number of para-hydroxylation sites is 1. The van der Waals surface area contributed by atoms with E-state index in [9.17, 15) is 4.79 Å². The quantitative estimate of drug-likeness (QED) is 0.910. The van der Waals surface area contributed by atoms with Gasteiger partial charge < -0.3 is 10.6 Å². The van der Waals surface area contributed by atoms with Crippen molar-refractivity contribution in [3.05, 3.63) is 64.7 Å². The van der Waals surface area contributed by atoms with Gasteiger partial charge in [0, 0.05) is 17.1 Å². The lowest BCUT2D eigenvalue weighted by atomic mass is 10.1. The Balaban J connectivity index is 1.64. The molecule has 2 atom stereocenters. The highest BCUT2D eigenvalue weighted by atomic mass is 35.5. The lowest BCUT2D eigenvalue weighted by molar-refractivity contribution is -0.122. The van der Waals surface area contributed by atoms with Crippen LogP contribution in [0.4, 0.5) is 5.69 Å². The van der Waals surface area contributed by atoms with E-state index in [4.69, 9.17) is 11.6 Å². The molecule has 3 rings (SSSR count). The molecular formula is C17H17ClN2O. The average molecular weight is 301 g/mol. The van der Waals surface area contributed by atoms with Gasteiger partial charge >= 0.3 is 0 Å². The highest BCUT2D eigenvalue weighted by Crippen LogP contribution is 2.25. The molecule has 1 heterocycles. The van der Waals surface area contributed by atoms with E-state index >= 15 is 0 Å². The Morgan fingerprint density at radius 1 is 1.24 bits per heavy atom. The molecular weight excluding hydrogens is 284 g/mol. The van der Waals surface area contributed by atoms with Crippen LogP contribution in [0.2, 0.25) is 5.02 Å². The van der Waals surface area contributed by atoms with E-state index < -0.39 is 0 Å². The number of hydrogen-bond acceptors (Lipinski definition) is 2. The first kappa shape index (κ1) is 14.0. The number of carbonyl (C=O) groups excluding carboxylic acids is 1. The van der Waals surface area contributed by atoms with Crippen LogP contribution in [-0.4, -0.2) is 11.9 Å². The van der Waals surface area contributed by atoms with Crippen LogP contribution in [0.5, 0.6) is 0 Å². The molecule has 1 aliphatic heterocycles. The summed E-state index contributed by atoms with van der Waals surface area (Å²) in [5, 5.41) is 7.01. The zero-order chi connectivity index (χ0) is 14.8. The lowest BCUT2D eigenvalue weighted by Crippen LogP contribution is -2.39. The maximum atomic E-state index is 12.4. The van der Waals surface area contributed by atoms with Gasteiger partial charge in [-0.15, -0.1) is 0 Å². The Labute approximate surface area is 129 Å². The molecule has 2 N–H and O–H groups in total. The second kappa shape index (κ2) is 5.78. The van der Waals surface area contributed by atoms with Crippen LogP contribution in [0.1, 0.15) is 24.1 Å². The first-order chi connectivity index (χ1) is 10.1. The van der Waals surface area contributed by atoms with E-state index in [0.717, 1.165) is 17.7 Å². The molecule has 0 unspecified atom stereocenters. The Morgan fingerprint density at radius 3 is 2.67 bits per heavy atom. The van der Waals surface area contributed by atoms with E-state index in [1.165, 1.54) is 5.56 Å². The summed E-state index contributed by atoms with van der Waals surface area (Å²) < 4.78 is 0. The number of halogens is 1. The smallest absolute Gasteiger partial charge is 0.243 e. The van der Waals surface area contributed by atoms with E-state index in [0.29, 0.717) is 5.02 Å². The molecule has 2 aromatic rings. The van der Waals surface area contributed by atoms with Crippen molar-refractivity contribution in [2.45, 2.75) is 25.4 Å². The van der Waals surface area contributed by atoms with Gasteiger partial charge in [-0.3, -0.25) is 4.79 Å². The zero-order valence-corrected chi connectivity index (χ0v) is 12.5. The van der Waals surface area contributed by atoms with Crippen LogP contribution in [0.3, 0.4) is 0 Å². The molecule has 4 heteroatoms. The molecule has 108 valence electrons. The molecule has 0 saturated carbocycles. The standard InChI is InChI=1S/C17H17ClN2O/c1-11(12-6-8-14(18)9-7-12)19-17(21)16-10-13-4-2-3-5-15(13)20-16/h2-9,11,16,20H,10H2,1H3,(H,19,21)/t11-,16-/m0/s1. The van der Waals surface area contributed by atoms with Crippen molar-refractivity contribution in [3.8, 4) is 0 Å². The fourth-order valence-corrected chi connectivity index (χ4v) is 2.73. The molecule has 0 aromatic heterocycles. The molecule has 0 saturated heterocycles. The Hall–Kier alpha value is -2.00. The van der Waals surface area contributed by atoms with Crippen molar-refractivity contribution >= 4 is 23.2 Å². The summed E-state index contributed by atoms with van der Waals surface area (Å²) in [7, 11) is 0. The van der Waals surface area contributed by atoms with Crippen molar-refractivity contribution in [1.82, 2.24) is 5.32 Å². The number of benzene rings is 2. The number of hydrogen-bond donors (Lipinski definition) is 2. The predicted octanol–water partition coefficient (Wildman–Crippen LogP) is 3.55. The van der Waals surface area contributed by atoms with Crippen LogP contribution in [-0.2, 0) is 11.2 Å². The third-order valence-electron chi connectivity index (χ3n) is 3.82. The molecule has 3 nitrogen and oxygen atoms in total. The van der Waals surface area contributed by atoms with Crippen LogP contribution >= 0.6 is 11.6 Å². The number of anilines is 1. The van der Waals surface area contributed by atoms with E-state index in [2.05, 4.69) is 16.7 Å². The number of amides is 1. The summed E-state index contributed by atoms with van der Waals surface area (Å²) in [6.45, 7) is 1.98. The lowest BCUT2D eigenvalue weighted by Gasteiger charge is -2.18. The minimum absolute atomic E-state index is 0.0219. The molecule has 1 aliphatic rings. The number of rotatable bonds is 3. The number of carbonyl (C=O) groups is 1. The second-order valence-electron chi connectivity index (χ2n) is 5.34. The summed E-state index contributed by atoms with van der Waals surface area (Å²) in [6, 6.07) is 15.3. The van der Waals surface area contributed by atoms with Gasteiger partial charge in [0.05, 0.1) is 6.04 Å². The van der Waals surface area contributed by atoms with Crippen molar-refractivity contribution in [2.75, 3.05) is 5.32 Å². The second-order valence-corrected chi connectivity index (χ2v) is 5.78. The largest absolute Gasteiger partial charge is 0.373 e. The van der Waals surface area contributed by atoms with Gasteiger partial charge in [-0.25, -0.2) is 0 Å². The average Bonchev–Trinajstić information content (AvgIpc) is 2.92. The molecule has 0 bridgehead atoms. The topological polar surface area (TPSA) is 41.1 Å². The number of nitrogens with one attached hydrogen (secondary N) is 2. The van der Waals surface area contributed by atoms with Gasteiger partial charge in [-0.05, 0) is 36.2 Å². The Bertz CT molecular complexity index is 629. The first-order valence-corrected chi connectivity index (χ1v) is 7.41. The minimum atomic E-state index is -0.197. The molecule has 0 fully saturated rings. The van der Waals surface area contributed by atoms with Crippen molar-refractivity contribution in [1.29, 1.82) is 0 Å². The van der Waals surface area contributed by atoms with Gasteiger partial charge in [0.25, 0.3) is 0 Å². The molecule has 21 heavy (non-hydrogen) atoms. The van der Waals surface area contributed by atoms with E-state index in [1.54, 1.807) is 0 Å². The minimum Gasteiger partial charge on any atom is -0.373 e. The van der Waals surface area contributed by atoms with Gasteiger partial charge in [-0.2, -0.15) is 0 Å². The van der Waals surface area contributed by atoms with Crippen LogP contribution < -0.4 is 10.6 Å². The van der Waals surface area contributed by atoms with Gasteiger partial charge in [0.15, 0.2) is 0 Å². The highest BCUT2D eigenvalue weighted by molar-refractivity contribution is 6.30. The first-order valence-electron chi connectivity index (χ1n) is 7.04.